The Kier molecular flexibility index (Phi) is 10.4. The molecule has 46 heavy (non-hydrogen) atoms. The van der Waals surface area contributed by atoms with Crippen molar-refractivity contribution in [3.63, 3.8) is 0 Å². The van der Waals surface area contributed by atoms with E-state index in [0.29, 0.717) is 46.4 Å². The number of benzene rings is 1. The number of carbonyl (C=O) groups is 2. The first-order chi connectivity index (χ1) is 21.3. The van der Waals surface area contributed by atoms with Gasteiger partial charge in [-0.05, 0) is 68.2 Å². The Hall–Kier alpha value is -3.31. The van der Waals surface area contributed by atoms with E-state index in [4.69, 9.17) is 26.1 Å². The fourth-order valence-corrected chi connectivity index (χ4v) is 6.83. The average Bonchev–Trinajstić information content (AvgIpc) is 3.68. The van der Waals surface area contributed by atoms with E-state index in [0.717, 1.165) is 31.9 Å². The van der Waals surface area contributed by atoms with Gasteiger partial charge in [-0.2, -0.15) is 4.98 Å². The number of amides is 1. The van der Waals surface area contributed by atoms with Crippen LogP contribution in [0.3, 0.4) is 0 Å². The van der Waals surface area contributed by atoms with Gasteiger partial charge in [0, 0.05) is 39.0 Å². The molecule has 1 amide bonds. The summed E-state index contributed by atoms with van der Waals surface area (Å²) in [6, 6.07) is 4.31. The minimum absolute atomic E-state index is 0.0200. The molecule has 0 saturated heterocycles. The molecule has 1 fully saturated rings. The maximum atomic E-state index is 14.0. The molecule has 1 aliphatic rings. The second-order valence-corrected chi connectivity index (χ2v) is 21.7. The number of ether oxygens (including phenoxy) is 2. The number of nitrogens with one attached hydrogen (secondary N) is 2. The number of hydrogen-bond acceptors (Lipinski definition) is 7. The SMILES string of the molecule is COC(=O)Cn1cc(-c2cc(Cl)c(OCC[Si](C)(C)C)c(C(=O)NC(C)(C)CC(C)(C)C)c2)c2c(=O)n(C)c(NCC3CC3)nc21. The van der Waals surface area contributed by atoms with Gasteiger partial charge < -0.3 is 24.7 Å². The third-order valence-corrected chi connectivity index (χ3v) is 9.98. The van der Waals surface area contributed by atoms with Gasteiger partial charge in [0.05, 0.1) is 29.7 Å². The third kappa shape index (κ3) is 8.94. The van der Waals surface area contributed by atoms with Crippen molar-refractivity contribution in [3.05, 3.63) is 39.3 Å². The van der Waals surface area contributed by atoms with Crippen LogP contribution >= 0.6 is 11.6 Å². The topological polar surface area (TPSA) is 116 Å². The number of halogens is 1. The van der Waals surface area contributed by atoms with Crippen LogP contribution in [0, 0.1) is 11.3 Å². The van der Waals surface area contributed by atoms with Gasteiger partial charge in [-0.25, -0.2) is 0 Å². The lowest BCUT2D eigenvalue weighted by molar-refractivity contribution is -0.141. The predicted octanol–water partition coefficient (Wildman–Crippen LogP) is 6.71. The van der Waals surface area contributed by atoms with E-state index in [1.807, 2.05) is 13.8 Å². The van der Waals surface area contributed by atoms with Gasteiger partial charge in [-0.15, -0.1) is 0 Å². The Morgan fingerprint density at radius 2 is 1.80 bits per heavy atom. The first kappa shape index (κ1) is 35.5. The number of fused-ring (bicyclic) bond motifs is 1. The number of nitrogens with zero attached hydrogens (tertiary/aromatic N) is 3. The highest BCUT2D eigenvalue weighted by Crippen LogP contribution is 2.38. The van der Waals surface area contributed by atoms with Crippen LogP contribution in [0.4, 0.5) is 5.95 Å². The Labute approximate surface area is 278 Å². The maximum Gasteiger partial charge on any atom is 0.325 e. The molecule has 1 saturated carbocycles. The highest BCUT2D eigenvalue weighted by Gasteiger charge is 2.30. The van der Waals surface area contributed by atoms with Crippen LogP contribution in [0.25, 0.3) is 22.2 Å². The van der Waals surface area contributed by atoms with E-state index in [2.05, 4.69) is 51.0 Å². The molecule has 0 spiro atoms. The van der Waals surface area contributed by atoms with Crippen LogP contribution in [0.1, 0.15) is 64.2 Å². The summed E-state index contributed by atoms with van der Waals surface area (Å²) in [5, 5.41) is 7.06. The minimum atomic E-state index is -1.43. The Morgan fingerprint density at radius 3 is 2.39 bits per heavy atom. The van der Waals surface area contributed by atoms with Crippen LogP contribution in [0.15, 0.2) is 23.1 Å². The summed E-state index contributed by atoms with van der Waals surface area (Å²) in [6.45, 7) is 18.2. The number of methoxy groups -OCH3 is 1. The molecule has 12 heteroatoms. The monoisotopic (exact) mass is 671 g/mol. The number of carbonyl (C=O) groups excluding carboxylic acids is 2. The quantitative estimate of drug-likeness (QED) is 0.153. The molecular weight excluding hydrogens is 622 g/mol. The van der Waals surface area contributed by atoms with Crippen molar-refractivity contribution in [1.82, 2.24) is 19.4 Å². The Bertz CT molecular complexity index is 1680. The van der Waals surface area contributed by atoms with Crippen molar-refractivity contribution in [3.8, 4) is 16.9 Å². The predicted molar refractivity (Wildman–Crippen MR) is 188 cm³/mol. The summed E-state index contributed by atoms with van der Waals surface area (Å²) in [6.07, 6.45) is 4.73. The van der Waals surface area contributed by atoms with Crippen molar-refractivity contribution in [2.45, 2.75) is 91.6 Å². The molecule has 0 atom stereocenters. The van der Waals surface area contributed by atoms with E-state index in [1.165, 1.54) is 11.7 Å². The summed E-state index contributed by atoms with van der Waals surface area (Å²) >= 11 is 6.91. The van der Waals surface area contributed by atoms with Crippen LogP contribution in [-0.4, -0.2) is 59.9 Å². The van der Waals surface area contributed by atoms with Gasteiger partial charge in [0.15, 0.2) is 11.4 Å². The second-order valence-electron chi connectivity index (χ2n) is 15.6. The molecule has 0 radical (unpaired) electrons. The first-order valence-corrected chi connectivity index (χ1v) is 20.1. The lowest BCUT2D eigenvalue weighted by Gasteiger charge is -2.33. The fraction of sp³-hybridized carbons (Fsp3) is 0.588. The van der Waals surface area contributed by atoms with E-state index >= 15 is 0 Å². The zero-order valence-electron chi connectivity index (χ0n) is 29.0. The van der Waals surface area contributed by atoms with Crippen LogP contribution in [-0.2, 0) is 23.1 Å². The summed E-state index contributed by atoms with van der Waals surface area (Å²) in [7, 11) is 1.56. The van der Waals surface area contributed by atoms with Crippen molar-refractivity contribution in [2.75, 3.05) is 25.6 Å². The largest absolute Gasteiger partial charge is 0.491 e. The third-order valence-electron chi connectivity index (χ3n) is 7.99. The molecular formula is C34H50ClN5O5Si. The lowest BCUT2D eigenvalue weighted by atomic mass is 9.81. The van der Waals surface area contributed by atoms with Gasteiger partial charge in [0.2, 0.25) is 5.95 Å². The van der Waals surface area contributed by atoms with Crippen molar-refractivity contribution in [1.29, 1.82) is 0 Å². The minimum Gasteiger partial charge on any atom is -0.491 e. The summed E-state index contributed by atoms with van der Waals surface area (Å²) in [4.78, 5) is 45.1. The van der Waals surface area contributed by atoms with Gasteiger partial charge in [0.25, 0.3) is 11.5 Å². The van der Waals surface area contributed by atoms with Gasteiger partial charge >= 0.3 is 5.97 Å². The zero-order chi connectivity index (χ0) is 34.2. The number of hydrogen-bond donors (Lipinski definition) is 2. The molecule has 252 valence electrons. The number of esters is 1. The van der Waals surface area contributed by atoms with E-state index < -0.39 is 19.6 Å². The first-order valence-electron chi connectivity index (χ1n) is 16.0. The lowest BCUT2D eigenvalue weighted by Crippen LogP contribution is -2.46. The van der Waals surface area contributed by atoms with E-state index in [1.54, 1.807) is 29.9 Å². The fourth-order valence-electron chi connectivity index (χ4n) is 5.84. The summed E-state index contributed by atoms with van der Waals surface area (Å²) < 4.78 is 14.3. The molecule has 2 N–H and O–H groups in total. The Morgan fingerprint density at radius 1 is 1.13 bits per heavy atom. The molecule has 2 aromatic heterocycles. The average molecular weight is 672 g/mol. The molecule has 2 heterocycles. The normalized spacial score (nSPS) is 14.0. The second kappa shape index (κ2) is 13.4. The molecule has 1 aliphatic carbocycles. The van der Waals surface area contributed by atoms with E-state index in [-0.39, 0.29) is 34.0 Å². The zero-order valence-corrected chi connectivity index (χ0v) is 30.8. The molecule has 4 rings (SSSR count). The van der Waals surface area contributed by atoms with Crippen molar-refractivity contribution >= 4 is 48.5 Å². The molecule has 1 aromatic carbocycles. The van der Waals surface area contributed by atoms with Crippen LogP contribution < -0.4 is 20.9 Å². The highest BCUT2D eigenvalue weighted by molar-refractivity contribution is 6.76. The van der Waals surface area contributed by atoms with Crippen molar-refractivity contribution in [2.24, 2.45) is 18.4 Å². The van der Waals surface area contributed by atoms with E-state index in [9.17, 15) is 14.4 Å². The molecule has 0 bridgehead atoms. The molecule has 3 aromatic rings. The van der Waals surface area contributed by atoms with Gasteiger partial charge in [-0.3, -0.25) is 19.0 Å². The van der Waals surface area contributed by atoms with Crippen LogP contribution in [0.5, 0.6) is 5.75 Å². The summed E-state index contributed by atoms with van der Waals surface area (Å²) in [5.74, 6) is 0.492. The smallest absolute Gasteiger partial charge is 0.325 e. The number of anilines is 1. The van der Waals surface area contributed by atoms with Crippen LogP contribution in [0.2, 0.25) is 30.7 Å². The maximum absolute atomic E-state index is 14.0. The van der Waals surface area contributed by atoms with Gasteiger partial charge in [-0.1, -0.05) is 52.0 Å². The van der Waals surface area contributed by atoms with Crippen molar-refractivity contribution < 1.29 is 19.1 Å². The standard InChI is InChI=1S/C34H50ClN5O5Si/c1-33(2,3)20-34(4,5)38-30(42)23-15-22(16-25(35)28(23)45-13-14-46(8,9)10)24-18-40(19-26(41)44-7)29-27(24)31(43)39(6)32(37-29)36-17-21-11-12-21/h15-16,18,21H,11-14,17,19-20H2,1-10H3,(H,36,37)(H,38,42). The summed E-state index contributed by atoms with van der Waals surface area (Å²) in [5.41, 5.74) is 0.825. The molecule has 0 aliphatic heterocycles. The number of aromatic nitrogens is 3. The number of rotatable bonds is 13. The highest BCUT2D eigenvalue weighted by atomic mass is 35.5. The molecule has 10 nitrogen and oxygen atoms in total. The molecule has 0 unspecified atom stereocenters. The van der Waals surface area contributed by atoms with Gasteiger partial charge in [0.1, 0.15) is 6.54 Å². The Balaban J connectivity index is 1.87.